The van der Waals surface area contributed by atoms with Crippen LogP contribution in [0.15, 0.2) is 0 Å². The zero-order chi connectivity index (χ0) is 12.5. The standard InChI is InChI=1S/C11H18N2O4/c1-12-5-2-11(3-6-12)4-7-13(8-9(14)15)10(16)17-11/h2-8H2,1H3,(H,14,15). The minimum atomic E-state index is -0.999. The van der Waals surface area contributed by atoms with E-state index >= 15 is 0 Å². The van der Waals surface area contributed by atoms with Gasteiger partial charge in [-0.2, -0.15) is 0 Å². The van der Waals surface area contributed by atoms with Crippen LogP contribution in [0.25, 0.3) is 0 Å². The summed E-state index contributed by atoms with van der Waals surface area (Å²) in [7, 11) is 2.05. The molecule has 0 bridgehead atoms. The first-order valence-corrected chi connectivity index (χ1v) is 5.89. The molecule has 0 aliphatic carbocycles. The number of ether oxygens (including phenoxy) is 1. The summed E-state index contributed by atoms with van der Waals surface area (Å²) in [5.41, 5.74) is -0.349. The molecule has 0 aromatic rings. The zero-order valence-corrected chi connectivity index (χ0v) is 10.0. The highest BCUT2D eigenvalue weighted by molar-refractivity contribution is 5.77. The van der Waals surface area contributed by atoms with E-state index in [4.69, 9.17) is 9.84 Å². The lowest BCUT2D eigenvalue weighted by Gasteiger charge is -2.44. The monoisotopic (exact) mass is 242 g/mol. The maximum absolute atomic E-state index is 11.7. The number of rotatable bonds is 2. The highest BCUT2D eigenvalue weighted by Gasteiger charge is 2.42. The number of carboxylic acid groups (broad SMARTS) is 1. The number of likely N-dealkylation sites (tertiary alicyclic amines) is 1. The van der Waals surface area contributed by atoms with Crippen LogP contribution in [0.4, 0.5) is 4.79 Å². The quantitative estimate of drug-likeness (QED) is 0.758. The maximum Gasteiger partial charge on any atom is 0.410 e. The average molecular weight is 242 g/mol. The highest BCUT2D eigenvalue weighted by Crippen LogP contribution is 2.33. The first-order chi connectivity index (χ1) is 8.01. The van der Waals surface area contributed by atoms with Crippen molar-refractivity contribution in [2.75, 3.05) is 33.2 Å². The fourth-order valence-corrected chi connectivity index (χ4v) is 2.42. The van der Waals surface area contributed by atoms with E-state index in [-0.39, 0.29) is 12.1 Å². The summed E-state index contributed by atoms with van der Waals surface area (Å²) in [6.07, 6.45) is 1.94. The van der Waals surface area contributed by atoms with Gasteiger partial charge in [0.2, 0.25) is 0 Å². The number of amides is 1. The number of nitrogens with zero attached hydrogens (tertiary/aromatic N) is 2. The molecule has 6 nitrogen and oxygen atoms in total. The van der Waals surface area contributed by atoms with Crippen molar-refractivity contribution in [3.05, 3.63) is 0 Å². The van der Waals surface area contributed by atoms with Gasteiger partial charge in [-0.3, -0.25) is 9.69 Å². The molecular formula is C11H18N2O4. The Labute approximate surface area is 100 Å². The van der Waals surface area contributed by atoms with E-state index in [1.54, 1.807) is 0 Å². The summed E-state index contributed by atoms with van der Waals surface area (Å²) >= 11 is 0. The van der Waals surface area contributed by atoms with E-state index in [2.05, 4.69) is 4.90 Å². The molecule has 0 saturated carbocycles. The lowest BCUT2D eigenvalue weighted by atomic mass is 9.87. The Kier molecular flexibility index (Phi) is 3.24. The molecule has 6 heteroatoms. The molecular weight excluding hydrogens is 224 g/mol. The van der Waals surface area contributed by atoms with Crippen LogP contribution in [-0.2, 0) is 9.53 Å². The number of carbonyl (C=O) groups excluding carboxylic acids is 1. The first-order valence-electron chi connectivity index (χ1n) is 5.89. The Bertz CT molecular complexity index is 323. The summed E-state index contributed by atoms with van der Waals surface area (Å²) in [5.74, 6) is -0.999. The van der Waals surface area contributed by atoms with Gasteiger partial charge in [0.1, 0.15) is 12.1 Å². The molecule has 0 radical (unpaired) electrons. The predicted octanol–water partition coefficient (Wildman–Crippen LogP) is 0.378. The van der Waals surface area contributed by atoms with Crippen molar-refractivity contribution < 1.29 is 19.4 Å². The molecule has 96 valence electrons. The zero-order valence-electron chi connectivity index (χ0n) is 10.0. The normalized spacial score (nSPS) is 24.8. The molecule has 0 atom stereocenters. The molecule has 2 aliphatic rings. The van der Waals surface area contributed by atoms with Gasteiger partial charge < -0.3 is 14.7 Å². The van der Waals surface area contributed by atoms with Gasteiger partial charge in [-0.1, -0.05) is 0 Å². The molecule has 1 N–H and O–H groups in total. The number of carboxylic acids is 1. The van der Waals surface area contributed by atoms with Crippen molar-refractivity contribution in [2.24, 2.45) is 0 Å². The molecule has 2 fully saturated rings. The molecule has 17 heavy (non-hydrogen) atoms. The van der Waals surface area contributed by atoms with Gasteiger partial charge in [0.25, 0.3) is 0 Å². The largest absolute Gasteiger partial charge is 0.480 e. The van der Waals surface area contributed by atoms with Crippen LogP contribution < -0.4 is 0 Å². The van der Waals surface area contributed by atoms with Crippen LogP contribution >= 0.6 is 0 Å². The van der Waals surface area contributed by atoms with E-state index in [0.29, 0.717) is 6.54 Å². The second-order valence-corrected chi connectivity index (χ2v) is 4.92. The van der Waals surface area contributed by atoms with Crippen molar-refractivity contribution in [1.29, 1.82) is 0 Å². The second-order valence-electron chi connectivity index (χ2n) is 4.92. The Morgan fingerprint density at radius 3 is 2.47 bits per heavy atom. The Hall–Kier alpha value is -1.30. The molecule has 0 unspecified atom stereocenters. The number of carbonyl (C=O) groups is 2. The second kappa shape index (κ2) is 4.52. The SMILES string of the molecule is CN1CCC2(CC1)CCN(CC(=O)O)C(=O)O2. The molecule has 2 heterocycles. The lowest BCUT2D eigenvalue weighted by molar-refractivity contribution is -0.140. The van der Waals surface area contributed by atoms with Gasteiger partial charge in [0, 0.05) is 38.9 Å². The van der Waals surface area contributed by atoms with Gasteiger partial charge in [0.05, 0.1) is 0 Å². The third-order valence-electron chi connectivity index (χ3n) is 3.62. The first kappa shape index (κ1) is 12.2. The molecule has 2 aliphatic heterocycles. The molecule has 0 aromatic carbocycles. The summed E-state index contributed by atoms with van der Waals surface area (Å²) < 4.78 is 5.47. The third kappa shape index (κ3) is 2.69. The fourth-order valence-electron chi connectivity index (χ4n) is 2.42. The fraction of sp³-hybridized carbons (Fsp3) is 0.818. The number of aliphatic carboxylic acids is 1. The molecule has 1 spiro atoms. The summed E-state index contributed by atoms with van der Waals surface area (Å²) in [5, 5.41) is 8.66. The maximum atomic E-state index is 11.7. The van der Waals surface area contributed by atoms with E-state index in [9.17, 15) is 9.59 Å². The van der Waals surface area contributed by atoms with Crippen LogP contribution in [0, 0.1) is 0 Å². The van der Waals surface area contributed by atoms with Crippen molar-refractivity contribution in [3.8, 4) is 0 Å². The summed E-state index contributed by atoms with van der Waals surface area (Å²) in [6, 6.07) is 0. The van der Waals surface area contributed by atoms with Crippen molar-refractivity contribution in [2.45, 2.75) is 24.9 Å². The van der Waals surface area contributed by atoms with Gasteiger partial charge in [0.15, 0.2) is 0 Å². The average Bonchev–Trinajstić information content (AvgIpc) is 2.27. The molecule has 0 aromatic heterocycles. The van der Waals surface area contributed by atoms with E-state index in [1.165, 1.54) is 4.90 Å². The van der Waals surface area contributed by atoms with Gasteiger partial charge >= 0.3 is 12.1 Å². The van der Waals surface area contributed by atoms with Gasteiger partial charge in [-0.05, 0) is 7.05 Å². The summed E-state index contributed by atoms with van der Waals surface area (Å²) in [6.45, 7) is 2.06. The highest BCUT2D eigenvalue weighted by atomic mass is 16.6. The van der Waals surface area contributed by atoms with Crippen molar-refractivity contribution in [3.63, 3.8) is 0 Å². The number of hydrogen-bond donors (Lipinski definition) is 1. The minimum absolute atomic E-state index is 0.269. The van der Waals surface area contributed by atoms with Crippen LogP contribution in [0.1, 0.15) is 19.3 Å². The number of piperidine rings is 1. The van der Waals surface area contributed by atoms with Crippen molar-refractivity contribution >= 4 is 12.1 Å². The number of hydrogen-bond acceptors (Lipinski definition) is 4. The Morgan fingerprint density at radius 2 is 1.94 bits per heavy atom. The molecule has 1 amide bonds. The van der Waals surface area contributed by atoms with Gasteiger partial charge in [-0.15, -0.1) is 0 Å². The van der Waals surface area contributed by atoms with E-state index < -0.39 is 12.1 Å². The lowest BCUT2D eigenvalue weighted by Crippen LogP contribution is -2.54. The van der Waals surface area contributed by atoms with Gasteiger partial charge in [-0.25, -0.2) is 4.79 Å². The van der Waals surface area contributed by atoms with E-state index in [0.717, 1.165) is 32.4 Å². The third-order valence-corrected chi connectivity index (χ3v) is 3.62. The van der Waals surface area contributed by atoms with Crippen LogP contribution in [-0.4, -0.2) is 65.8 Å². The Balaban J connectivity index is 1.94. The van der Waals surface area contributed by atoms with Crippen LogP contribution in [0.2, 0.25) is 0 Å². The summed E-state index contributed by atoms with van der Waals surface area (Å²) in [4.78, 5) is 25.7. The van der Waals surface area contributed by atoms with Crippen LogP contribution in [0.5, 0.6) is 0 Å². The van der Waals surface area contributed by atoms with E-state index in [1.807, 2.05) is 7.05 Å². The Morgan fingerprint density at radius 1 is 1.35 bits per heavy atom. The molecule has 2 saturated heterocycles. The molecule has 2 rings (SSSR count). The topological polar surface area (TPSA) is 70.1 Å². The smallest absolute Gasteiger partial charge is 0.410 e. The van der Waals surface area contributed by atoms with Crippen LogP contribution in [0.3, 0.4) is 0 Å². The van der Waals surface area contributed by atoms with Crippen molar-refractivity contribution in [1.82, 2.24) is 9.80 Å². The minimum Gasteiger partial charge on any atom is -0.480 e. The predicted molar refractivity (Wildman–Crippen MR) is 59.8 cm³/mol.